The van der Waals surface area contributed by atoms with Gasteiger partial charge in [-0.15, -0.1) is 0 Å². The van der Waals surface area contributed by atoms with Gasteiger partial charge in [0.1, 0.15) is 12.2 Å². The molecule has 6 heteroatoms. The number of aliphatic hydroxyl groups is 1. The summed E-state index contributed by atoms with van der Waals surface area (Å²) in [5, 5.41) is 22.1. The number of benzene rings is 1. The second kappa shape index (κ2) is 6.52. The molecule has 0 saturated carbocycles. The first-order chi connectivity index (χ1) is 10.6. The molecule has 1 aliphatic heterocycles. The summed E-state index contributed by atoms with van der Waals surface area (Å²) in [6, 6.07) is 9.36. The van der Waals surface area contributed by atoms with E-state index in [-0.39, 0.29) is 12.2 Å². The molecule has 1 aliphatic rings. The topological polar surface area (TPSA) is 69.9 Å². The number of nitrogens with one attached hydrogen (secondary N) is 1. The molecule has 0 radical (unpaired) electrons. The van der Waals surface area contributed by atoms with Crippen molar-refractivity contribution in [3.05, 3.63) is 64.4 Å². The van der Waals surface area contributed by atoms with E-state index in [1.807, 2.05) is 36.5 Å². The number of hydrogen-bond acceptors (Lipinski definition) is 5. The lowest BCUT2D eigenvalue weighted by molar-refractivity contribution is 0.185. The van der Waals surface area contributed by atoms with Crippen molar-refractivity contribution in [2.24, 2.45) is 10.2 Å². The molecule has 2 aromatic rings. The largest absolute Gasteiger partial charge is 0.392 e. The maximum Gasteiger partial charge on any atom is 0.147 e. The monoisotopic (exact) mass is 316 g/mol. The highest BCUT2D eigenvalue weighted by molar-refractivity contribution is 6.30. The fourth-order valence-electron chi connectivity index (χ4n) is 2.48. The molecule has 0 saturated heterocycles. The Bertz CT molecular complexity index is 672. The van der Waals surface area contributed by atoms with Crippen molar-refractivity contribution in [2.75, 3.05) is 6.54 Å². The van der Waals surface area contributed by atoms with Crippen LogP contribution in [-0.4, -0.2) is 22.7 Å². The maximum atomic E-state index is 9.43. The van der Waals surface area contributed by atoms with E-state index in [1.54, 1.807) is 13.1 Å². The van der Waals surface area contributed by atoms with Gasteiger partial charge >= 0.3 is 0 Å². The lowest BCUT2D eigenvalue weighted by atomic mass is 9.94. The molecule has 2 N–H and O–H groups in total. The van der Waals surface area contributed by atoms with Crippen LogP contribution in [0.3, 0.4) is 0 Å². The summed E-state index contributed by atoms with van der Waals surface area (Å²) in [5.74, 6) is 0. The molecule has 0 bridgehead atoms. The van der Waals surface area contributed by atoms with E-state index >= 15 is 0 Å². The minimum atomic E-state index is -0.436. The Morgan fingerprint density at radius 1 is 1.18 bits per heavy atom. The summed E-state index contributed by atoms with van der Waals surface area (Å²) in [4.78, 5) is 4.22. The third kappa shape index (κ3) is 3.16. The van der Waals surface area contributed by atoms with E-state index in [4.69, 9.17) is 11.6 Å². The first-order valence-corrected chi connectivity index (χ1v) is 7.53. The summed E-state index contributed by atoms with van der Waals surface area (Å²) in [5.41, 5.74) is 3.07. The zero-order valence-electron chi connectivity index (χ0n) is 12.1. The quantitative estimate of drug-likeness (QED) is 0.909. The molecule has 1 aromatic heterocycles. The zero-order chi connectivity index (χ0) is 15.5. The zero-order valence-corrected chi connectivity index (χ0v) is 12.9. The SMILES string of the molecule is C[C@H](O)CNC1N=NC(c2ccc(Cl)cc2)c2cnccc21. The molecule has 0 fully saturated rings. The standard InChI is InChI=1S/C16H17ClN4O/c1-10(22)8-19-16-13-6-7-18-9-14(13)15(20-21-16)11-2-4-12(17)5-3-11/h2-7,9-10,15-16,19,22H,8H2,1H3/t10-,15?,16?/m0/s1. The second-order valence-electron chi connectivity index (χ2n) is 5.35. The molecular weight excluding hydrogens is 300 g/mol. The van der Waals surface area contributed by atoms with E-state index in [0.717, 1.165) is 16.7 Å². The van der Waals surface area contributed by atoms with Crippen molar-refractivity contribution in [3.8, 4) is 0 Å². The van der Waals surface area contributed by atoms with E-state index in [9.17, 15) is 5.11 Å². The summed E-state index contributed by atoms with van der Waals surface area (Å²) in [7, 11) is 0. The highest BCUT2D eigenvalue weighted by atomic mass is 35.5. The van der Waals surface area contributed by atoms with Crippen LogP contribution in [0.1, 0.15) is 35.8 Å². The summed E-state index contributed by atoms with van der Waals surface area (Å²) >= 11 is 5.94. The molecule has 0 aliphatic carbocycles. The van der Waals surface area contributed by atoms with Gasteiger partial charge in [-0.05, 0) is 30.7 Å². The van der Waals surface area contributed by atoms with Crippen LogP contribution >= 0.6 is 11.6 Å². The summed E-state index contributed by atoms with van der Waals surface area (Å²) in [6.45, 7) is 2.19. The van der Waals surface area contributed by atoms with Crippen LogP contribution in [0.15, 0.2) is 53.0 Å². The van der Waals surface area contributed by atoms with Gasteiger partial charge < -0.3 is 5.11 Å². The van der Waals surface area contributed by atoms with E-state index in [0.29, 0.717) is 11.6 Å². The fraction of sp³-hybridized carbons (Fsp3) is 0.312. The molecule has 0 spiro atoms. The van der Waals surface area contributed by atoms with Crippen LogP contribution in [0.25, 0.3) is 0 Å². The van der Waals surface area contributed by atoms with Crippen molar-refractivity contribution in [3.63, 3.8) is 0 Å². The summed E-state index contributed by atoms with van der Waals surface area (Å²) < 4.78 is 0. The van der Waals surface area contributed by atoms with Crippen LogP contribution in [0.2, 0.25) is 5.02 Å². The van der Waals surface area contributed by atoms with Crippen molar-refractivity contribution in [1.29, 1.82) is 0 Å². The second-order valence-corrected chi connectivity index (χ2v) is 5.79. The van der Waals surface area contributed by atoms with Crippen LogP contribution in [-0.2, 0) is 0 Å². The highest BCUT2D eigenvalue weighted by Gasteiger charge is 2.26. The van der Waals surface area contributed by atoms with Gasteiger partial charge in [-0.25, -0.2) is 0 Å². The van der Waals surface area contributed by atoms with Gasteiger partial charge in [0, 0.05) is 35.1 Å². The van der Waals surface area contributed by atoms with Gasteiger partial charge in [0.2, 0.25) is 0 Å². The van der Waals surface area contributed by atoms with Gasteiger partial charge in [0.25, 0.3) is 0 Å². The number of azo groups is 1. The number of halogens is 1. The molecule has 3 atom stereocenters. The van der Waals surface area contributed by atoms with Crippen molar-refractivity contribution >= 4 is 11.6 Å². The number of pyridine rings is 1. The van der Waals surface area contributed by atoms with Crippen LogP contribution in [0.4, 0.5) is 0 Å². The first-order valence-electron chi connectivity index (χ1n) is 7.16. The molecular formula is C16H17ClN4O. The lowest BCUT2D eigenvalue weighted by Gasteiger charge is -2.25. The number of nitrogens with zero attached hydrogens (tertiary/aromatic N) is 3. The van der Waals surface area contributed by atoms with Gasteiger partial charge in [0.05, 0.1) is 6.10 Å². The van der Waals surface area contributed by atoms with Crippen LogP contribution in [0, 0.1) is 0 Å². The van der Waals surface area contributed by atoms with Gasteiger partial charge in [-0.3, -0.25) is 10.3 Å². The van der Waals surface area contributed by atoms with Crippen molar-refractivity contribution < 1.29 is 5.11 Å². The Hall–Kier alpha value is -1.82. The average Bonchev–Trinajstić information content (AvgIpc) is 2.53. The molecule has 114 valence electrons. The number of hydrogen-bond donors (Lipinski definition) is 2. The Morgan fingerprint density at radius 3 is 2.68 bits per heavy atom. The van der Waals surface area contributed by atoms with Crippen molar-refractivity contribution in [2.45, 2.75) is 25.2 Å². The third-order valence-electron chi connectivity index (χ3n) is 3.57. The molecule has 2 unspecified atom stereocenters. The number of fused-ring (bicyclic) bond motifs is 1. The Kier molecular flexibility index (Phi) is 4.47. The van der Waals surface area contributed by atoms with Crippen molar-refractivity contribution in [1.82, 2.24) is 10.3 Å². The van der Waals surface area contributed by atoms with Crippen LogP contribution < -0.4 is 5.32 Å². The number of aliphatic hydroxyl groups excluding tert-OH is 1. The first kappa shape index (κ1) is 15.1. The van der Waals surface area contributed by atoms with E-state index in [1.165, 1.54) is 0 Å². The van der Waals surface area contributed by atoms with E-state index < -0.39 is 6.10 Å². The lowest BCUT2D eigenvalue weighted by Crippen LogP contribution is -2.29. The normalized spacial score (nSPS) is 21.4. The van der Waals surface area contributed by atoms with Gasteiger partial charge in [-0.1, -0.05) is 23.7 Å². The molecule has 3 rings (SSSR count). The molecule has 0 amide bonds. The Labute approximate surface area is 134 Å². The van der Waals surface area contributed by atoms with Gasteiger partial charge in [0.15, 0.2) is 0 Å². The smallest absolute Gasteiger partial charge is 0.147 e. The van der Waals surface area contributed by atoms with Crippen LogP contribution in [0.5, 0.6) is 0 Å². The summed E-state index contributed by atoms with van der Waals surface area (Å²) in [6.07, 6.45) is 2.88. The minimum Gasteiger partial charge on any atom is -0.392 e. The fourth-order valence-corrected chi connectivity index (χ4v) is 2.60. The Morgan fingerprint density at radius 2 is 1.95 bits per heavy atom. The predicted molar refractivity (Wildman–Crippen MR) is 84.8 cm³/mol. The predicted octanol–water partition coefficient (Wildman–Crippen LogP) is 3.26. The van der Waals surface area contributed by atoms with Gasteiger partial charge in [-0.2, -0.15) is 10.2 Å². The third-order valence-corrected chi connectivity index (χ3v) is 3.82. The minimum absolute atomic E-state index is 0.175. The molecule has 5 nitrogen and oxygen atoms in total. The number of aromatic nitrogens is 1. The highest BCUT2D eigenvalue weighted by Crippen LogP contribution is 2.36. The molecule has 2 heterocycles. The number of rotatable bonds is 4. The molecule has 1 aromatic carbocycles. The van der Waals surface area contributed by atoms with E-state index in [2.05, 4.69) is 20.5 Å². The Balaban J connectivity index is 1.92. The average molecular weight is 317 g/mol. The molecule has 22 heavy (non-hydrogen) atoms. The maximum absolute atomic E-state index is 9.43.